The minimum Gasteiger partial charge on any atom is -0.495 e. The van der Waals surface area contributed by atoms with Crippen molar-refractivity contribution in [2.75, 3.05) is 12.4 Å². The van der Waals surface area contributed by atoms with Gasteiger partial charge in [-0.2, -0.15) is 0 Å². The molecule has 7 heteroatoms. The van der Waals surface area contributed by atoms with Gasteiger partial charge in [0, 0.05) is 32.9 Å². The summed E-state index contributed by atoms with van der Waals surface area (Å²) in [4.78, 5) is 13.9. The number of carbonyl (C=O) groups excluding carboxylic acids is 1. The van der Waals surface area contributed by atoms with E-state index in [0.29, 0.717) is 28.0 Å². The van der Waals surface area contributed by atoms with Crippen molar-refractivity contribution < 1.29 is 14.1 Å². The van der Waals surface area contributed by atoms with Crippen molar-refractivity contribution in [3.8, 4) is 17.1 Å². The van der Waals surface area contributed by atoms with E-state index in [-0.39, 0.29) is 11.6 Å². The molecule has 3 aromatic rings. The van der Waals surface area contributed by atoms with Crippen molar-refractivity contribution in [1.29, 1.82) is 0 Å². The number of amides is 1. The molecule has 0 spiro atoms. The molecule has 0 bridgehead atoms. The van der Waals surface area contributed by atoms with Crippen LogP contribution in [0, 0.1) is 6.92 Å². The van der Waals surface area contributed by atoms with Gasteiger partial charge in [-0.05, 0) is 30.7 Å². The first-order valence-corrected chi connectivity index (χ1v) is 9.31. The lowest BCUT2D eigenvalue weighted by molar-refractivity contribution is 0.101. The molecule has 1 N–H and O–H groups in total. The fourth-order valence-corrected chi connectivity index (χ4v) is 4.09. The van der Waals surface area contributed by atoms with Gasteiger partial charge < -0.3 is 14.6 Å². The number of aryl methyl sites for hydroxylation is 1. The first-order chi connectivity index (χ1) is 12.6. The summed E-state index contributed by atoms with van der Waals surface area (Å²) in [5.41, 5.74) is 3.44. The highest BCUT2D eigenvalue weighted by molar-refractivity contribution is 7.98. The first kappa shape index (κ1) is 17.0. The van der Waals surface area contributed by atoms with Crippen LogP contribution in [0.1, 0.15) is 21.6 Å². The molecule has 26 heavy (non-hydrogen) atoms. The molecule has 0 radical (unpaired) electrons. The number of ether oxygens (including phenoxy) is 1. The maximum atomic E-state index is 12.8. The van der Waals surface area contributed by atoms with Gasteiger partial charge in [-0.25, -0.2) is 0 Å². The average Bonchev–Trinajstić information content (AvgIpc) is 3.09. The van der Waals surface area contributed by atoms with Crippen molar-refractivity contribution in [1.82, 2.24) is 5.16 Å². The Bertz CT molecular complexity index is 1020. The second-order valence-electron chi connectivity index (χ2n) is 5.88. The molecule has 0 aliphatic carbocycles. The van der Waals surface area contributed by atoms with E-state index in [1.807, 2.05) is 31.2 Å². The summed E-state index contributed by atoms with van der Waals surface area (Å²) in [7, 11) is 1.53. The molecule has 0 atom stereocenters. The van der Waals surface area contributed by atoms with E-state index < -0.39 is 0 Å². The molecule has 4 rings (SSSR count). The van der Waals surface area contributed by atoms with Gasteiger partial charge in [-0.3, -0.25) is 4.79 Å². The minimum atomic E-state index is -0.338. The van der Waals surface area contributed by atoms with Crippen molar-refractivity contribution in [3.05, 3.63) is 58.2 Å². The van der Waals surface area contributed by atoms with Crippen molar-refractivity contribution in [2.24, 2.45) is 0 Å². The van der Waals surface area contributed by atoms with E-state index in [1.165, 1.54) is 7.11 Å². The standard InChI is InChI=1S/C19H15ClN2O3S/c1-10-7-14(15(24-2)8-13(10)20)21-19(23)17-12-9-26-16-6-4-3-5-11(16)18(12)25-22-17/h3-8H,9H2,1-2H3,(H,21,23). The number of thioether (sulfide) groups is 1. The number of aromatic nitrogens is 1. The van der Waals surface area contributed by atoms with E-state index >= 15 is 0 Å². The number of nitrogens with zero attached hydrogens (tertiary/aromatic N) is 1. The maximum absolute atomic E-state index is 12.8. The highest BCUT2D eigenvalue weighted by Gasteiger charge is 2.28. The van der Waals surface area contributed by atoms with E-state index in [4.69, 9.17) is 20.9 Å². The van der Waals surface area contributed by atoms with Crippen LogP contribution in [0.2, 0.25) is 5.02 Å². The van der Waals surface area contributed by atoms with Crippen LogP contribution >= 0.6 is 23.4 Å². The lowest BCUT2D eigenvalue weighted by Gasteiger charge is -2.14. The van der Waals surface area contributed by atoms with Gasteiger partial charge in [0.25, 0.3) is 5.91 Å². The van der Waals surface area contributed by atoms with Crippen LogP contribution in [-0.4, -0.2) is 18.2 Å². The number of hydrogen-bond donors (Lipinski definition) is 1. The molecular formula is C19H15ClN2O3S. The Labute approximate surface area is 159 Å². The topological polar surface area (TPSA) is 64.4 Å². The molecule has 0 saturated heterocycles. The van der Waals surface area contributed by atoms with Gasteiger partial charge in [0.1, 0.15) is 5.75 Å². The summed E-state index contributed by atoms with van der Waals surface area (Å²) in [6.07, 6.45) is 0. The van der Waals surface area contributed by atoms with E-state index in [2.05, 4.69) is 10.5 Å². The molecule has 0 unspecified atom stereocenters. The molecule has 1 aliphatic heterocycles. The molecular weight excluding hydrogens is 372 g/mol. The quantitative estimate of drug-likeness (QED) is 0.672. The van der Waals surface area contributed by atoms with Crippen LogP contribution in [0.4, 0.5) is 5.69 Å². The van der Waals surface area contributed by atoms with Crippen molar-refractivity contribution in [2.45, 2.75) is 17.6 Å². The maximum Gasteiger partial charge on any atom is 0.278 e. The van der Waals surface area contributed by atoms with Crippen LogP contribution < -0.4 is 10.1 Å². The number of hydrogen-bond acceptors (Lipinski definition) is 5. The smallest absolute Gasteiger partial charge is 0.278 e. The molecule has 132 valence electrons. The highest BCUT2D eigenvalue weighted by atomic mass is 35.5. The third-order valence-electron chi connectivity index (χ3n) is 4.24. The second kappa shape index (κ2) is 6.70. The Morgan fingerprint density at radius 3 is 2.96 bits per heavy atom. The monoisotopic (exact) mass is 386 g/mol. The molecule has 2 aromatic carbocycles. The van der Waals surface area contributed by atoms with Crippen molar-refractivity contribution >= 4 is 35.0 Å². The number of benzene rings is 2. The predicted molar refractivity (Wildman–Crippen MR) is 102 cm³/mol. The highest BCUT2D eigenvalue weighted by Crippen LogP contribution is 2.42. The summed E-state index contributed by atoms with van der Waals surface area (Å²) in [5.74, 6) is 1.44. The van der Waals surface area contributed by atoms with Gasteiger partial charge in [-0.15, -0.1) is 11.8 Å². The van der Waals surface area contributed by atoms with Crippen LogP contribution in [0.5, 0.6) is 5.75 Å². The third-order valence-corrected chi connectivity index (χ3v) is 5.74. The number of fused-ring (bicyclic) bond motifs is 3. The zero-order chi connectivity index (χ0) is 18.3. The first-order valence-electron chi connectivity index (χ1n) is 7.94. The van der Waals surface area contributed by atoms with Gasteiger partial charge in [0.05, 0.1) is 12.8 Å². The largest absolute Gasteiger partial charge is 0.495 e. The Hall–Kier alpha value is -2.44. The zero-order valence-corrected chi connectivity index (χ0v) is 15.7. The van der Waals surface area contributed by atoms with Crippen LogP contribution in [0.15, 0.2) is 45.8 Å². The Balaban J connectivity index is 1.68. The zero-order valence-electron chi connectivity index (χ0n) is 14.1. The molecule has 0 saturated carbocycles. The fraction of sp³-hybridized carbons (Fsp3) is 0.158. The van der Waals surface area contributed by atoms with Gasteiger partial charge in [0.15, 0.2) is 11.5 Å². The SMILES string of the molecule is COc1cc(Cl)c(C)cc1NC(=O)c1noc2c1CSc1ccccc1-2. The molecule has 1 aromatic heterocycles. The number of anilines is 1. The Kier molecular flexibility index (Phi) is 4.38. The van der Waals surface area contributed by atoms with E-state index in [0.717, 1.165) is 21.6 Å². The lowest BCUT2D eigenvalue weighted by Crippen LogP contribution is -2.15. The third kappa shape index (κ3) is 2.85. The summed E-state index contributed by atoms with van der Waals surface area (Å²) < 4.78 is 10.8. The van der Waals surface area contributed by atoms with Crippen LogP contribution in [-0.2, 0) is 5.75 Å². The minimum absolute atomic E-state index is 0.289. The number of carbonyl (C=O) groups is 1. The molecule has 1 aliphatic rings. The molecule has 5 nitrogen and oxygen atoms in total. The van der Waals surface area contributed by atoms with Crippen molar-refractivity contribution in [3.63, 3.8) is 0 Å². The molecule has 1 amide bonds. The summed E-state index contributed by atoms with van der Waals surface area (Å²) in [6.45, 7) is 1.86. The fourth-order valence-electron chi connectivity index (χ4n) is 2.87. The number of halogens is 1. The predicted octanol–water partition coefficient (Wildman–Crippen LogP) is 5.17. The Morgan fingerprint density at radius 1 is 1.35 bits per heavy atom. The lowest BCUT2D eigenvalue weighted by atomic mass is 10.1. The second-order valence-corrected chi connectivity index (χ2v) is 7.30. The summed E-state index contributed by atoms with van der Waals surface area (Å²) >= 11 is 7.78. The average molecular weight is 387 g/mol. The number of rotatable bonds is 3. The van der Waals surface area contributed by atoms with E-state index in [9.17, 15) is 4.79 Å². The number of methoxy groups -OCH3 is 1. The molecule has 0 fully saturated rings. The van der Waals surface area contributed by atoms with Gasteiger partial charge in [0.2, 0.25) is 0 Å². The number of nitrogens with one attached hydrogen (secondary N) is 1. The normalized spacial score (nSPS) is 12.3. The van der Waals surface area contributed by atoms with Crippen LogP contribution in [0.25, 0.3) is 11.3 Å². The summed E-state index contributed by atoms with van der Waals surface area (Å²) in [5, 5.41) is 7.45. The Morgan fingerprint density at radius 2 is 2.15 bits per heavy atom. The van der Waals surface area contributed by atoms with Gasteiger partial charge >= 0.3 is 0 Å². The summed E-state index contributed by atoms with van der Waals surface area (Å²) in [6, 6.07) is 11.4. The van der Waals surface area contributed by atoms with E-state index in [1.54, 1.807) is 23.9 Å². The van der Waals surface area contributed by atoms with Crippen LogP contribution in [0.3, 0.4) is 0 Å². The van der Waals surface area contributed by atoms with Gasteiger partial charge in [-0.1, -0.05) is 28.9 Å². The molecule has 2 heterocycles.